The number of carboxylic acid groups (broad SMARTS) is 1. The molecule has 26 heteroatoms. The van der Waals surface area contributed by atoms with Gasteiger partial charge in [0.25, 0.3) is 0 Å². The third-order valence-electron chi connectivity index (χ3n) is 19.2. The number of nitrogens with one attached hydrogen (secondary N) is 2. The first-order valence-electron chi connectivity index (χ1n) is 36.4. The van der Waals surface area contributed by atoms with Crippen LogP contribution < -0.4 is 25.6 Å². The van der Waals surface area contributed by atoms with Crippen molar-refractivity contribution in [2.75, 3.05) is 17.2 Å². The Morgan fingerprint density at radius 3 is 1.20 bits per heavy atom. The van der Waals surface area contributed by atoms with Crippen LogP contribution in [0.3, 0.4) is 0 Å². The number of rotatable bonds is 20. The molecule has 6 N–H and O–H groups in total. The van der Waals surface area contributed by atoms with Crippen molar-refractivity contribution in [2.45, 2.75) is 283 Å². The van der Waals surface area contributed by atoms with Crippen molar-refractivity contribution in [2.24, 2.45) is 0 Å². The van der Waals surface area contributed by atoms with Crippen LogP contribution in [0.25, 0.3) is 11.1 Å². The van der Waals surface area contributed by atoms with Gasteiger partial charge in [0, 0.05) is 163 Å². The van der Waals surface area contributed by atoms with Crippen LogP contribution in [0, 0.1) is 3.57 Å². The number of ether oxygens (including phenoxy) is 3. The first-order valence-corrected chi connectivity index (χ1v) is 42.3. The number of carboxylic acids is 1. The number of esters is 1. The maximum Gasteiger partial charge on any atom is 0.488 e. The zero-order chi connectivity index (χ0) is 71.3. The van der Waals surface area contributed by atoms with Crippen LogP contribution in [0.15, 0.2) is 108 Å². The molecule has 6 saturated carbocycles. The molecule has 0 atom stereocenters. The number of thiazole rings is 2. The number of hydrogen-bond donors (Lipinski definition) is 6. The summed E-state index contributed by atoms with van der Waals surface area (Å²) in [6.07, 6.45) is 47.2. The summed E-state index contributed by atoms with van der Waals surface area (Å²) in [6, 6.07) is 29.2. The Balaban J connectivity index is 0.000000653. The van der Waals surface area contributed by atoms with Crippen molar-refractivity contribution < 1.29 is 83.9 Å². The summed E-state index contributed by atoms with van der Waals surface area (Å²) >= 11 is 4.88. The number of nitrogens with zero attached hydrogens (tertiary/aromatic N) is 2. The van der Waals surface area contributed by atoms with Gasteiger partial charge in [-0.05, 0) is 224 Å². The van der Waals surface area contributed by atoms with Crippen LogP contribution in [0.2, 0.25) is 0 Å². The van der Waals surface area contributed by atoms with Crippen molar-refractivity contribution in [3.8, 4) is 22.6 Å². The van der Waals surface area contributed by atoms with Crippen LogP contribution in [-0.4, -0.2) is 211 Å². The summed E-state index contributed by atoms with van der Waals surface area (Å²) in [5.41, 5.74) is 11.1. The normalized spacial score (nSPS) is 16.1. The second-order valence-corrected chi connectivity index (χ2v) is 35.9. The third kappa shape index (κ3) is 38.1. The molecule has 2 radical (unpaired) electrons. The molecule has 4 aromatic carbocycles. The molecule has 0 saturated heterocycles. The van der Waals surface area contributed by atoms with Gasteiger partial charge in [0.15, 0.2) is 11.4 Å². The van der Waals surface area contributed by atoms with Gasteiger partial charge in [-0.3, -0.25) is 9.59 Å². The fourth-order valence-corrected chi connectivity index (χ4v) is 25.8. The maximum atomic E-state index is 11.5. The number of benzene rings is 4. The van der Waals surface area contributed by atoms with E-state index in [4.69, 9.17) is 39.4 Å². The monoisotopic (exact) mass is 1790 g/mol. The van der Waals surface area contributed by atoms with Crippen LogP contribution in [0.4, 0.5) is 11.4 Å². The minimum Gasteiger partial charge on any atom is -0.509 e. The number of halogens is 1. The summed E-state index contributed by atoms with van der Waals surface area (Å²) in [4.78, 5) is 63.6. The van der Waals surface area contributed by atoms with E-state index in [-0.39, 0.29) is 176 Å². The van der Waals surface area contributed by atoms with Gasteiger partial charge in [-0.15, -0.1) is 22.7 Å². The Morgan fingerprint density at radius 2 is 0.868 bits per heavy atom. The number of hydrogen-bond acceptors (Lipinski definition) is 16. The number of aromatic nitrogens is 2. The second kappa shape index (κ2) is 59.3. The molecule has 0 bridgehead atoms. The van der Waals surface area contributed by atoms with Gasteiger partial charge in [0.05, 0.1) is 6.61 Å². The minimum atomic E-state index is -1.51. The minimum absolute atomic E-state index is 0. The molecule has 6 aliphatic rings. The van der Waals surface area contributed by atoms with E-state index >= 15 is 0 Å². The molecule has 6 fully saturated rings. The molecule has 6 aromatic rings. The first-order chi connectivity index (χ1) is 48.6. The number of anilines is 2. The number of aromatic carboxylic acids is 1. The zero-order valence-electron chi connectivity index (χ0n) is 61.0. The fraction of sp³-hybridized carbons (Fsp3) is 0.562. The van der Waals surface area contributed by atoms with Gasteiger partial charge < -0.3 is 49.7 Å². The maximum absolute atomic E-state index is 11.5. The summed E-state index contributed by atoms with van der Waals surface area (Å²) in [5, 5.41) is 43.3. The molecule has 0 unspecified atom stereocenters. The molecule has 0 spiro atoms. The van der Waals surface area contributed by atoms with E-state index in [2.05, 4.69) is 48.1 Å². The average Bonchev–Trinajstić information content (AvgIpc) is 1.14. The van der Waals surface area contributed by atoms with Crippen LogP contribution in [0.1, 0.15) is 267 Å². The predicted octanol–water partition coefficient (Wildman–Crippen LogP) is 20.5. The molecule has 2 amide bonds. The molecule has 12 rings (SSSR count). The fourth-order valence-electron chi connectivity index (χ4n) is 14.7. The summed E-state index contributed by atoms with van der Waals surface area (Å²) in [5.74, 6) is -0.284. The van der Waals surface area contributed by atoms with Gasteiger partial charge in [-0.1, -0.05) is 190 Å². The Labute approximate surface area is 757 Å². The van der Waals surface area contributed by atoms with Crippen LogP contribution >= 0.6 is 61.1 Å². The average molecular weight is 1790 g/mol. The van der Waals surface area contributed by atoms with Crippen molar-refractivity contribution >= 4 is 218 Å². The largest absolute Gasteiger partial charge is 0.509 e. The molecular weight excluding hydrogens is 1670 g/mol. The van der Waals surface area contributed by atoms with Gasteiger partial charge in [0.1, 0.15) is 34.7 Å². The molecule has 2 heterocycles. The second-order valence-electron chi connectivity index (χ2n) is 26.6. The van der Waals surface area contributed by atoms with Crippen LogP contribution in [0.5, 0.6) is 11.5 Å². The number of carbonyl (C=O) groups is 4. The van der Waals surface area contributed by atoms with Gasteiger partial charge in [-0.2, -0.15) is 0 Å². The molecule has 0 aliphatic heterocycles. The number of amides is 2. The Morgan fingerprint density at radius 1 is 0.528 bits per heavy atom. The summed E-state index contributed by atoms with van der Waals surface area (Å²) in [7, 11) is -0.736. The Hall–Kier alpha value is -1.44. The molecule has 2 aromatic heterocycles. The summed E-state index contributed by atoms with van der Waals surface area (Å²) in [6.45, 7) is 6.29. The Bertz CT molecular complexity index is 3210. The molecule has 6 aliphatic carbocycles. The molecule has 106 heavy (non-hydrogen) atoms. The predicted molar refractivity (Wildman–Crippen MR) is 448 cm³/mol. The van der Waals surface area contributed by atoms with E-state index in [1.54, 1.807) is 185 Å². The molecule has 580 valence electrons. The van der Waals surface area contributed by atoms with E-state index in [9.17, 15) is 19.2 Å². The topological polar surface area (TPSA) is 253 Å². The zero-order valence-corrected chi connectivity index (χ0v) is 74.4. The van der Waals surface area contributed by atoms with Crippen molar-refractivity contribution in [1.29, 1.82) is 0 Å². The molecule has 17 nitrogen and oxygen atoms in total. The van der Waals surface area contributed by atoms with E-state index in [0.717, 1.165) is 37.6 Å². The van der Waals surface area contributed by atoms with E-state index in [1.807, 2.05) is 72.8 Å². The van der Waals surface area contributed by atoms with Gasteiger partial charge in [-0.25, -0.2) is 24.8 Å². The first kappa shape index (κ1) is 103. The smallest absolute Gasteiger partial charge is 0.488 e. The van der Waals surface area contributed by atoms with Gasteiger partial charge in [0.2, 0.25) is 11.8 Å². The standard InChI is InChI=1S/C19H16N2O4S.2C18H33P.C13H12INO3S.C8H10BNO3.CHO3.3CH4.2K.Pd/c1-12(22)20-15-4-2-3-14(9-15)13-5-7-16(8-6-13)25-10-18-21-17(11-26-18)19(23)24;2*1-4-10-16(11-5-1)19(17-12-6-2-7-13-17)18-14-8-3-9-15-18;1-2-17-13(16)11-8-19-12(15-11)7-18-10-5-3-9(14)4-6-10;1-6(11)10-8-4-2-3-7(5-8)9(12)13;2-1-4-3;;;;;;/h2-9,11H,10H2,1H3,(H,20,22)(H,23,24);2*16-18H,1-15H2;3-6,8H,2,7H2,1H3;2-5,12-13H,1H3,(H,10,11);3H;3*1H4;;;/q;;;;;-1;;;;;;. The molecular formula is C80H117BIK2N4O13P2PdS2-. The Kier molecular flexibility index (Phi) is 57.4. The van der Waals surface area contributed by atoms with Crippen molar-refractivity contribution in [3.63, 3.8) is 0 Å². The van der Waals surface area contributed by atoms with Crippen molar-refractivity contribution in [3.05, 3.63) is 133 Å². The van der Waals surface area contributed by atoms with E-state index < -0.39 is 13.1 Å². The van der Waals surface area contributed by atoms with E-state index in [0.29, 0.717) is 56.7 Å². The van der Waals surface area contributed by atoms with Crippen molar-refractivity contribution in [1.82, 2.24) is 9.97 Å². The third-order valence-corrected chi connectivity index (χ3v) is 29.8. The summed E-state index contributed by atoms with van der Waals surface area (Å²) < 4.78 is 17.3. The van der Waals surface area contributed by atoms with E-state index in [1.165, 1.54) is 120 Å². The van der Waals surface area contributed by atoms with Crippen LogP contribution in [-0.2, 0) is 57.6 Å². The number of carbonyl (C=O) groups excluding carboxylic acids is 4. The quantitative estimate of drug-likeness (QED) is 0.00790. The van der Waals surface area contributed by atoms with Gasteiger partial charge >= 0.3 is 19.1 Å². The SMILES string of the molecule is C.C.C.C1CCC(P(C2CCCCC2)C2CCCCC2)CC1.C1CCC(P(C2CCCCC2)C2CCCCC2)CC1.CC(=O)Nc1cccc(-c2ccc(OCc3nc(C(=O)O)cs3)cc2)c1.CC(=O)Nc1cccc(B(O)O)c1.CCOC(=O)c1csc(COc2ccc(I)cc2)n1.O=[C-]OO.[K].[K].[Pd].